The maximum Gasteiger partial charge on any atom is 0.333 e. The highest BCUT2D eigenvalue weighted by atomic mass is 35.5. The first-order valence-electron chi connectivity index (χ1n) is 13.3. The van der Waals surface area contributed by atoms with Gasteiger partial charge in [0.05, 0.1) is 18.8 Å². The van der Waals surface area contributed by atoms with Gasteiger partial charge in [-0.05, 0) is 36.8 Å². The second kappa shape index (κ2) is 11.4. The van der Waals surface area contributed by atoms with Crippen LogP contribution in [-0.4, -0.2) is 56.1 Å². The summed E-state index contributed by atoms with van der Waals surface area (Å²) in [5.41, 5.74) is 2.96. The van der Waals surface area contributed by atoms with Crippen molar-refractivity contribution in [3.05, 3.63) is 83.6 Å². The summed E-state index contributed by atoms with van der Waals surface area (Å²) in [5, 5.41) is 11.8. The van der Waals surface area contributed by atoms with Gasteiger partial charge < -0.3 is 31.5 Å². The topological polar surface area (TPSA) is 95.1 Å². The zero-order chi connectivity index (χ0) is 27.0. The van der Waals surface area contributed by atoms with Crippen LogP contribution in [0.25, 0.3) is 11.6 Å². The van der Waals surface area contributed by atoms with E-state index in [0.717, 1.165) is 47.4 Å². The number of hydrogen-bond acceptors (Lipinski definition) is 7. The average molecular weight is 567 g/mol. The van der Waals surface area contributed by atoms with Gasteiger partial charge in [-0.15, -0.1) is 0 Å². The third-order valence-corrected chi connectivity index (χ3v) is 7.98. The van der Waals surface area contributed by atoms with Gasteiger partial charge in [-0.1, -0.05) is 41.6 Å². The lowest BCUT2D eigenvalue weighted by Crippen LogP contribution is -3.00. The number of aryl methyl sites for hydroxylation is 2. The lowest BCUT2D eigenvalue weighted by atomic mass is 9.83. The molecule has 210 valence electrons. The Morgan fingerprint density at radius 3 is 2.65 bits per heavy atom. The van der Waals surface area contributed by atoms with E-state index in [1.54, 1.807) is 16.8 Å². The molecule has 1 unspecified atom stereocenters. The molecule has 0 spiro atoms. The molecule has 0 radical (unpaired) electrons. The monoisotopic (exact) mass is 566 g/mol. The van der Waals surface area contributed by atoms with Crippen LogP contribution >= 0.6 is 0 Å². The van der Waals surface area contributed by atoms with Crippen LogP contribution in [0, 0.1) is 18.7 Å². The maximum atomic E-state index is 13.9. The Balaban J connectivity index is 0.00000323. The van der Waals surface area contributed by atoms with Gasteiger partial charge in [-0.25, -0.2) is 9.18 Å². The van der Waals surface area contributed by atoms with Gasteiger partial charge in [0.2, 0.25) is 5.82 Å². The van der Waals surface area contributed by atoms with Crippen LogP contribution in [-0.2, 0) is 23.1 Å². The number of ether oxygens (including phenoxy) is 1. The number of nitrogens with one attached hydrogen (secondary N) is 1. The molecule has 4 aromatic rings. The number of carbonyl (C=O) groups is 1. The fourth-order valence-corrected chi connectivity index (χ4v) is 6.00. The summed E-state index contributed by atoms with van der Waals surface area (Å²) in [5.74, 6) is 0.681. The molecule has 9 nitrogen and oxygen atoms in total. The van der Waals surface area contributed by atoms with E-state index in [-0.39, 0.29) is 30.3 Å². The van der Waals surface area contributed by atoms with Crippen molar-refractivity contribution in [1.29, 1.82) is 0 Å². The molecule has 3 aliphatic heterocycles. The first-order chi connectivity index (χ1) is 18.9. The standard InChI is InChI=1S/C29H32FN6O3.ClH/c1-19-15-24(35(2)33-19)28-32-26(34-39-28)18-36-13-11-20(12-14-36)25(17-36)38-29(37)27(21-7-4-3-5-8-21)31-23-10-6-9-22(30)16-23;/h3-10,15-16,20,25,27,31H,11-14,17-18H2,1-2H3;1H/q+1;/p-1/t20?,25-,27?,36?;/m0./s1. The predicted octanol–water partition coefficient (Wildman–Crippen LogP) is 1.43. The van der Waals surface area contributed by atoms with Gasteiger partial charge >= 0.3 is 5.97 Å². The molecule has 0 saturated carbocycles. The largest absolute Gasteiger partial charge is 1.00 e. The van der Waals surface area contributed by atoms with Crippen molar-refractivity contribution in [3.8, 4) is 11.6 Å². The average Bonchev–Trinajstić information content (AvgIpc) is 3.52. The second-order valence-corrected chi connectivity index (χ2v) is 10.8. The summed E-state index contributed by atoms with van der Waals surface area (Å²) in [4.78, 5) is 18.3. The molecule has 3 fully saturated rings. The Morgan fingerprint density at radius 2 is 1.95 bits per heavy atom. The molecule has 2 bridgehead atoms. The van der Waals surface area contributed by atoms with E-state index in [1.807, 2.05) is 50.4 Å². The highest BCUT2D eigenvalue weighted by Gasteiger charge is 2.48. The van der Waals surface area contributed by atoms with E-state index in [1.165, 1.54) is 12.1 Å². The Kier molecular flexibility index (Phi) is 7.91. The van der Waals surface area contributed by atoms with Gasteiger partial charge in [0.1, 0.15) is 24.6 Å². The quantitative estimate of drug-likeness (QED) is 0.255. The molecule has 40 heavy (non-hydrogen) atoms. The smallest absolute Gasteiger partial charge is 0.333 e. The summed E-state index contributed by atoms with van der Waals surface area (Å²) in [6.07, 6.45) is 1.72. The number of carbonyl (C=O) groups excluding carboxylic acids is 1. The molecule has 3 saturated heterocycles. The minimum absolute atomic E-state index is 0. The first-order valence-corrected chi connectivity index (χ1v) is 13.3. The minimum Gasteiger partial charge on any atom is -1.00 e. The number of piperidine rings is 3. The van der Waals surface area contributed by atoms with E-state index >= 15 is 0 Å². The van der Waals surface area contributed by atoms with E-state index in [0.29, 0.717) is 36.4 Å². The maximum absolute atomic E-state index is 13.9. The van der Waals surface area contributed by atoms with Crippen LogP contribution in [0.4, 0.5) is 10.1 Å². The molecule has 0 amide bonds. The van der Waals surface area contributed by atoms with Crippen molar-refractivity contribution in [1.82, 2.24) is 19.9 Å². The summed E-state index contributed by atoms with van der Waals surface area (Å²) >= 11 is 0. The Labute approximate surface area is 238 Å². The Morgan fingerprint density at radius 1 is 1.18 bits per heavy atom. The normalized spacial score (nSPS) is 22.4. The highest BCUT2D eigenvalue weighted by molar-refractivity contribution is 5.81. The number of benzene rings is 2. The van der Waals surface area contributed by atoms with Crippen LogP contribution in [0.15, 0.2) is 65.2 Å². The van der Waals surface area contributed by atoms with Gasteiger partial charge in [-0.3, -0.25) is 4.68 Å². The third kappa shape index (κ3) is 5.73. The highest BCUT2D eigenvalue weighted by Crippen LogP contribution is 2.38. The fraction of sp³-hybridized carbons (Fsp3) is 0.379. The molecule has 2 atom stereocenters. The Bertz CT molecular complexity index is 1470. The van der Waals surface area contributed by atoms with Gasteiger partial charge in [0.25, 0.3) is 5.89 Å². The summed E-state index contributed by atoms with van der Waals surface area (Å²) in [6.45, 7) is 5.21. The lowest BCUT2D eigenvalue weighted by Gasteiger charge is -2.51. The number of quaternary nitrogens is 1. The third-order valence-electron chi connectivity index (χ3n) is 7.98. The SMILES string of the molecule is Cc1cc(-c2nc(C[N+]34CCC(CC3)[C@@H](OC(=O)C(Nc3cccc(F)c3)c3ccccc3)C4)no2)n(C)n1.[Cl-]. The van der Waals surface area contributed by atoms with Gasteiger partial charge in [0.15, 0.2) is 12.1 Å². The van der Waals surface area contributed by atoms with E-state index in [9.17, 15) is 9.18 Å². The number of aromatic nitrogens is 4. The zero-order valence-corrected chi connectivity index (χ0v) is 23.2. The fourth-order valence-electron chi connectivity index (χ4n) is 6.00. The number of fused-ring (bicyclic) bond motifs is 3. The number of halogens is 2. The molecule has 2 aromatic carbocycles. The number of hydrogen-bond donors (Lipinski definition) is 1. The minimum atomic E-state index is -0.751. The summed E-state index contributed by atoms with van der Waals surface area (Å²) in [7, 11) is 1.86. The van der Waals surface area contributed by atoms with Crippen molar-refractivity contribution in [3.63, 3.8) is 0 Å². The van der Waals surface area contributed by atoms with Crippen molar-refractivity contribution in [2.75, 3.05) is 25.0 Å². The predicted molar refractivity (Wildman–Crippen MR) is 142 cm³/mol. The van der Waals surface area contributed by atoms with Crippen LogP contribution in [0.3, 0.4) is 0 Å². The van der Waals surface area contributed by atoms with Crippen LogP contribution in [0.2, 0.25) is 0 Å². The lowest BCUT2D eigenvalue weighted by molar-refractivity contribution is -0.958. The van der Waals surface area contributed by atoms with Crippen LogP contribution in [0.5, 0.6) is 0 Å². The van der Waals surface area contributed by atoms with Crippen LogP contribution in [0.1, 0.15) is 36.0 Å². The molecular weight excluding hydrogens is 535 g/mol. The molecule has 1 N–H and O–H groups in total. The zero-order valence-electron chi connectivity index (χ0n) is 22.5. The summed E-state index contributed by atoms with van der Waals surface area (Å²) < 4.78 is 28.1. The first kappa shape index (κ1) is 27.8. The van der Waals surface area contributed by atoms with Gasteiger partial charge in [-0.2, -0.15) is 10.1 Å². The van der Waals surface area contributed by atoms with Crippen molar-refractivity contribution in [2.24, 2.45) is 13.0 Å². The van der Waals surface area contributed by atoms with Crippen LogP contribution < -0.4 is 17.7 Å². The second-order valence-electron chi connectivity index (χ2n) is 10.8. The number of nitrogens with zero attached hydrogens (tertiary/aromatic N) is 5. The molecular formula is C29H32ClFN6O3. The van der Waals surface area contributed by atoms with Crippen molar-refractivity contribution >= 4 is 11.7 Å². The van der Waals surface area contributed by atoms with E-state index in [2.05, 4.69) is 20.6 Å². The van der Waals surface area contributed by atoms with E-state index in [4.69, 9.17) is 9.26 Å². The number of anilines is 1. The number of esters is 1. The molecule has 7 rings (SSSR count). The molecule has 3 aliphatic rings. The molecule has 11 heteroatoms. The Hall–Kier alpha value is -3.76. The van der Waals surface area contributed by atoms with E-state index < -0.39 is 6.04 Å². The molecule has 5 heterocycles. The molecule has 2 aromatic heterocycles. The summed E-state index contributed by atoms with van der Waals surface area (Å²) in [6, 6.07) is 16.7. The van der Waals surface area contributed by atoms with Crippen molar-refractivity contribution in [2.45, 2.75) is 38.5 Å². The van der Waals surface area contributed by atoms with Crippen molar-refractivity contribution < 1.29 is 35.3 Å². The number of rotatable bonds is 8. The molecule has 0 aliphatic carbocycles. The van der Waals surface area contributed by atoms with Gasteiger partial charge in [0, 0.05) is 31.5 Å².